The number of rotatable bonds is 13. The zero-order chi connectivity index (χ0) is 13.5. The van der Waals surface area contributed by atoms with E-state index in [2.05, 4.69) is 6.92 Å². The molecule has 1 N–H and O–H groups in total. The Morgan fingerprint density at radius 1 is 0.833 bits per heavy atom. The van der Waals surface area contributed by atoms with Crippen LogP contribution in [-0.2, 0) is 4.79 Å². The van der Waals surface area contributed by atoms with Crippen LogP contribution < -0.4 is 0 Å². The summed E-state index contributed by atoms with van der Waals surface area (Å²) in [6, 6.07) is 0. The van der Waals surface area contributed by atoms with Gasteiger partial charge in [-0.2, -0.15) is 0 Å². The molecule has 0 amide bonds. The van der Waals surface area contributed by atoms with Gasteiger partial charge in [0.1, 0.15) is 0 Å². The molecule has 0 aliphatic carbocycles. The molecular formula is C16H30O2. The summed E-state index contributed by atoms with van der Waals surface area (Å²) in [6.07, 6.45) is 18.6. The van der Waals surface area contributed by atoms with Crippen LogP contribution in [0.4, 0.5) is 0 Å². The third-order valence-electron chi connectivity index (χ3n) is 3.23. The predicted molar refractivity (Wildman–Crippen MR) is 77.9 cm³/mol. The Balaban J connectivity index is 3.01. The van der Waals surface area contributed by atoms with Crippen LogP contribution in [0.5, 0.6) is 0 Å². The molecule has 2 heteroatoms. The topological polar surface area (TPSA) is 37.3 Å². The first kappa shape index (κ1) is 17.2. The van der Waals surface area contributed by atoms with Crippen LogP contribution in [0.1, 0.15) is 84.0 Å². The summed E-state index contributed by atoms with van der Waals surface area (Å²) in [4.78, 5) is 10.2. The van der Waals surface area contributed by atoms with Gasteiger partial charge in [0.2, 0.25) is 0 Å². The van der Waals surface area contributed by atoms with Gasteiger partial charge in [0.05, 0.1) is 0 Å². The number of carbonyl (C=O) groups is 1. The van der Waals surface area contributed by atoms with Crippen molar-refractivity contribution in [3.63, 3.8) is 0 Å². The molecule has 0 saturated heterocycles. The van der Waals surface area contributed by atoms with E-state index >= 15 is 0 Å². The van der Waals surface area contributed by atoms with Crippen molar-refractivity contribution < 1.29 is 9.90 Å². The zero-order valence-corrected chi connectivity index (χ0v) is 12.0. The van der Waals surface area contributed by atoms with Gasteiger partial charge < -0.3 is 5.11 Å². The predicted octanol–water partition coefficient (Wildman–Crippen LogP) is 5.33. The molecule has 0 aromatic carbocycles. The number of hydrogen-bond acceptors (Lipinski definition) is 1. The number of unbranched alkanes of at least 4 members (excludes halogenated alkanes) is 11. The highest BCUT2D eigenvalue weighted by molar-refractivity contribution is 5.79. The Morgan fingerprint density at radius 3 is 1.72 bits per heavy atom. The second-order valence-corrected chi connectivity index (χ2v) is 5.06. The van der Waals surface area contributed by atoms with E-state index in [1.54, 1.807) is 6.08 Å². The van der Waals surface area contributed by atoms with E-state index in [1.807, 2.05) is 0 Å². The van der Waals surface area contributed by atoms with Gasteiger partial charge in [0.15, 0.2) is 0 Å². The summed E-state index contributed by atoms with van der Waals surface area (Å²) >= 11 is 0. The van der Waals surface area contributed by atoms with Gasteiger partial charge in [0.25, 0.3) is 0 Å². The van der Waals surface area contributed by atoms with Crippen molar-refractivity contribution in [2.45, 2.75) is 84.0 Å². The van der Waals surface area contributed by atoms with Gasteiger partial charge in [-0.05, 0) is 12.8 Å². The van der Waals surface area contributed by atoms with Crippen molar-refractivity contribution in [2.75, 3.05) is 0 Å². The first-order valence-corrected chi connectivity index (χ1v) is 7.67. The lowest BCUT2D eigenvalue weighted by molar-refractivity contribution is -0.131. The molecule has 106 valence electrons. The van der Waals surface area contributed by atoms with E-state index in [1.165, 1.54) is 70.3 Å². The monoisotopic (exact) mass is 254 g/mol. The molecule has 0 heterocycles. The van der Waals surface area contributed by atoms with Crippen LogP contribution in [0, 0.1) is 0 Å². The standard InChI is InChI=1S/C16H30O2/c1-2-3-4-5-6-7-8-9-10-11-12-13-14-15-16(17)18/h14-15H,2-13H2,1H3,(H,17,18)/b15-14-. The molecule has 0 spiro atoms. The van der Waals surface area contributed by atoms with Crippen LogP contribution in [0.15, 0.2) is 12.2 Å². The Bertz CT molecular complexity index is 209. The van der Waals surface area contributed by atoms with E-state index < -0.39 is 5.97 Å². The number of carboxylic acid groups (broad SMARTS) is 1. The number of carboxylic acids is 1. The van der Waals surface area contributed by atoms with E-state index in [-0.39, 0.29) is 0 Å². The maximum atomic E-state index is 10.2. The quantitative estimate of drug-likeness (QED) is 0.356. The average molecular weight is 254 g/mol. The summed E-state index contributed by atoms with van der Waals surface area (Å²) < 4.78 is 0. The minimum Gasteiger partial charge on any atom is -0.478 e. The lowest BCUT2D eigenvalue weighted by Gasteiger charge is -2.01. The minimum absolute atomic E-state index is 0.835. The maximum Gasteiger partial charge on any atom is 0.327 e. The van der Waals surface area contributed by atoms with Gasteiger partial charge in [0, 0.05) is 6.08 Å². The highest BCUT2D eigenvalue weighted by Crippen LogP contribution is 2.11. The molecule has 0 saturated carbocycles. The summed E-state index contributed by atoms with van der Waals surface area (Å²) in [5.41, 5.74) is 0. The third-order valence-corrected chi connectivity index (χ3v) is 3.23. The van der Waals surface area contributed by atoms with Crippen molar-refractivity contribution >= 4 is 5.97 Å². The summed E-state index contributed by atoms with van der Waals surface area (Å²) in [5.74, 6) is -0.835. The molecular weight excluding hydrogens is 224 g/mol. The molecule has 0 rings (SSSR count). The summed E-state index contributed by atoms with van der Waals surface area (Å²) in [6.45, 7) is 2.26. The van der Waals surface area contributed by atoms with Crippen LogP contribution in [0.3, 0.4) is 0 Å². The first-order chi connectivity index (χ1) is 8.77. The molecule has 0 aromatic rings. The molecule has 0 unspecified atom stereocenters. The molecule has 0 aromatic heterocycles. The van der Waals surface area contributed by atoms with Gasteiger partial charge >= 0.3 is 5.97 Å². The molecule has 2 nitrogen and oxygen atoms in total. The SMILES string of the molecule is CCCCCCCCCCCCC/C=C\C(=O)O. The van der Waals surface area contributed by atoms with E-state index in [0.717, 1.165) is 12.8 Å². The van der Waals surface area contributed by atoms with E-state index in [4.69, 9.17) is 5.11 Å². The maximum absolute atomic E-state index is 10.2. The lowest BCUT2D eigenvalue weighted by atomic mass is 10.1. The van der Waals surface area contributed by atoms with Crippen molar-refractivity contribution in [2.24, 2.45) is 0 Å². The average Bonchev–Trinajstić information content (AvgIpc) is 2.34. The Labute approximate surface area is 112 Å². The second kappa shape index (κ2) is 14.3. The molecule has 0 bridgehead atoms. The largest absolute Gasteiger partial charge is 0.478 e. The van der Waals surface area contributed by atoms with Crippen LogP contribution >= 0.6 is 0 Å². The molecule has 0 atom stereocenters. The highest BCUT2D eigenvalue weighted by Gasteiger charge is 1.92. The van der Waals surface area contributed by atoms with Gasteiger partial charge in [-0.25, -0.2) is 4.79 Å². The Kier molecular flexibility index (Phi) is 13.6. The van der Waals surface area contributed by atoms with Crippen LogP contribution in [0.25, 0.3) is 0 Å². The zero-order valence-electron chi connectivity index (χ0n) is 12.0. The van der Waals surface area contributed by atoms with Crippen molar-refractivity contribution in [3.8, 4) is 0 Å². The van der Waals surface area contributed by atoms with Crippen LogP contribution in [-0.4, -0.2) is 11.1 Å². The summed E-state index contributed by atoms with van der Waals surface area (Å²) in [7, 11) is 0. The fourth-order valence-corrected chi connectivity index (χ4v) is 2.11. The lowest BCUT2D eigenvalue weighted by Crippen LogP contribution is -1.85. The van der Waals surface area contributed by atoms with Gasteiger partial charge in [-0.15, -0.1) is 0 Å². The van der Waals surface area contributed by atoms with Gasteiger partial charge in [-0.3, -0.25) is 0 Å². The van der Waals surface area contributed by atoms with E-state index in [0.29, 0.717) is 0 Å². The van der Waals surface area contributed by atoms with Crippen molar-refractivity contribution in [3.05, 3.63) is 12.2 Å². The molecule has 0 aliphatic heterocycles. The second-order valence-electron chi connectivity index (χ2n) is 5.06. The Hall–Kier alpha value is -0.790. The van der Waals surface area contributed by atoms with E-state index in [9.17, 15) is 4.79 Å². The molecule has 18 heavy (non-hydrogen) atoms. The normalized spacial score (nSPS) is 11.2. The van der Waals surface area contributed by atoms with Crippen molar-refractivity contribution in [1.29, 1.82) is 0 Å². The van der Waals surface area contributed by atoms with Crippen LogP contribution in [0.2, 0.25) is 0 Å². The Morgan fingerprint density at radius 2 is 1.28 bits per heavy atom. The third kappa shape index (κ3) is 15.2. The fourth-order valence-electron chi connectivity index (χ4n) is 2.11. The summed E-state index contributed by atoms with van der Waals surface area (Å²) in [5, 5.41) is 8.40. The highest BCUT2D eigenvalue weighted by atomic mass is 16.4. The minimum atomic E-state index is -0.835. The molecule has 0 radical (unpaired) electrons. The van der Waals surface area contributed by atoms with Crippen molar-refractivity contribution in [1.82, 2.24) is 0 Å². The molecule has 0 aliphatic rings. The smallest absolute Gasteiger partial charge is 0.327 e. The number of allylic oxidation sites excluding steroid dienone is 1. The number of aliphatic carboxylic acids is 1. The fraction of sp³-hybridized carbons (Fsp3) is 0.812. The molecule has 0 fully saturated rings. The number of hydrogen-bond donors (Lipinski definition) is 1. The van der Waals surface area contributed by atoms with Gasteiger partial charge in [-0.1, -0.05) is 77.2 Å². The first-order valence-electron chi connectivity index (χ1n) is 7.67.